The monoisotopic (exact) mass is 386 g/mol. The Morgan fingerprint density at radius 1 is 1.04 bits per heavy atom. The van der Waals surface area contributed by atoms with Crippen molar-refractivity contribution in [2.24, 2.45) is 0 Å². The van der Waals surface area contributed by atoms with Gasteiger partial charge in [0.2, 0.25) is 0 Å². The van der Waals surface area contributed by atoms with E-state index < -0.39 is 4.92 Å². The largest absolute Gasteiger partial charge is 0.317 e. The van der Waals surface area contributed by atoms with Gasteiger partial charge in [-0.15, -0.1) is 0 Å². The molecule has 0 spiro atoms. The Bertz CT molecular complexity index is 1030. The molecular formula is C19H12Cl2N2O3. The highest BCUT2D eigenvalue weighted by atomic mass is 35.5. The molecule has 0 aliphatic heterocycles. The van der Waals surface area contributed by atoms with E-state index >= 15 is 0 Å². The molecular weight excluding hydrogens is 375 g/mol. The van der Waals surface area contributed by atoms with Gasteiger partial charge in [0.05, 0.1) is 20.7 Å². The van der Waals surface area contributed by atoms with Crippen LogP contribution in [0.1, 0.15) is 16.1 Å². The molecule has 0 atom stereocenters. The SMILES string of the molecule is O=C(/C=C/c1cccn1-c1cccc([N+](=O)[O-])c1)c1ccc(Cl)c(Cl)c1. The van der Waals surface area contributed by atoms with E-state index in [1.165, 1.54) is 24.3 Å². The number of hydrogen-bond donors (Lipinski definition) is 0. The summed E-state index contributed by atoms with van der Waals surface area (Å²) in [7, 11) is 0. The van der Waals surface area contributed by atoms with Crippen molar-refractivity contribution in [2.75, 3.05) is 0 Å². The number of hydrogen-bond acceptors (Lipinski definition) is 3. The number of nitro groups is 1. The highest BCUT2D eigenvalue weighted by Gasteiger charge is 2.09. The van der Waals surface area contributed by atoms with Crippen LogP contribution in [-0.4, -0.2) is 15.3 Å². The molecule has 1 aromatic heterocycles. The molecule has 0 saturated carbocycles. The van der Waals surface area contributed by atoms with Crippen molar-refractivity contribution in [1.82, 2.24) is 4.57 Å². The molecule has 0 bridgehead atoms. The smallest absolute Gasteiger partial charge is 0.271 e. The minimum Gasteiger partial charge on any atom is -0.317 e. The minimum atomic E-state index is -0.448. The molecule has 0 aliphatic carbocycles. The Kier molecular flexibility index (Phi) is 5.21. The van der Waals surface area contributed by atoms with E-state index in [0.29, 0.717) is 27.0 Å². The van der Waals surface area contributed by atoms with Gasteiger partial charge in [0.15, 0.2) is 5.78 Å². The predicted octanol–water partition coefficient (Wildman–Crippen LogP) is 5.59. The Hall–Kier alpha value is -2.89. The van der Waals surface area contributed by atoms with Gasteiger partial charge < -0.3 is 4.57 Å². The fourth-order valence-corrected chi connectivity index (χ4v) is 2.73. The first-order chi connectivity index (χ1) is 12.5. The summed E-state index contributed by atoms with van der Waals surface area (Å²) < 4.78 is 1.76. The zero-order chi connectivity index (χ0) is 18.7. The standard InChI is InChI=1S/C19H12Cl2N2O3/c20-17-8-6-13(11-18(17)21)19(24)9-7-14-5-2-10-22(14)15-3-1-4-16(12-15)23(25)26/h1-12H/b9-7+. The molecule has 0 aliphatic rings. The van der Waals surface area contributed by atoms with Crippen LogP contribution in [0.3, 0.4) is 0 Å². The first kappa shape index (κ1) is 17.9. The average Bonchev–Trinajstić information content (AvgIpc) is 3.10. The second-order valence-electron chi connectivity index (χ2n) is 5.41. The molecule has 0 amide bonds. The summed E-state index contributed by atoms with van der Waals surface area (Å²) in [6, 6.07) is 14.5. The van der Waals surface area contributed by atoms with Crippen molar-refractivity contribution in [3.63, 3.8) is 0 Å². The van der Waals surface area contributed by atoms with Crippen molar-refractivity contribution >= 4 is 40.7 Å². The average molecular weight is 387 g/mol. The van der Waals surface area contributed by atoms with Gasteiger partial charge in [0, 0.05) is 29.6 Å². The normalized spacial score (nSPS) is 11.0. The van der Waals surface area contributed by atoms with Gasteiger partial charge in [-0.05, 0) is 48.6 Å². The second kappa shape index (κ2) is 7.56. The number of aromatic nitrogens is 1. The van der Waals surface area contributed by atoms with Crippen molar-refractivity contribution < 1.29 is 9.72 Å². The van der Waals surface area contributed by atoms with E-state index in [1.807, 2.05) is 0 Å². The summed E-state index contributed by atoms with van der Waals surface area (Å²) in [6.07, 6.45) is 4.83. The third-order valence-corrected chi connectivity index (χ3v) is 4.45. The number of carbonyl (C=O) groups excluding carboxylic acids is 1. The number of allylic oxidation sites excluding steroid dienone is 1. The number of nitrogens with zero attached hydrogens (tertiary/aromatic N) is 2. The molecule has 0 N–H and O–H groups in total. The lowest BCUT2D eigenvalue weighted by Gasteiger charge is -2.06. The Morgan fingerprint density at radius 2 is 1.85 bits per heavy atom. The third-order valence-electron chi connectivity index (χ3n) is 3.71. The highest BCUT2D eigenvalue weighted by Crippen LogP contribution is 2.23. The van der Waals surface area contributed by atoms with Crippen molar-refractivity contribution in [3.8, 4) is 5.69 Å². The van der Waals surface area contributed by atoms with Gasteiger partial charge in [-0.3, -0.25) is 14.9 Å². The molecule has 2 aromatic carbocycles. The maximum Gasteiger partial charge on any atom is 0.271 e. The van der Waals surface area contributed by atoms with Crippen LogP contribution in [0.15, 0.2) is 66.9 Å². The topological polar surface area (TPSA) is 65.1 Å². The first-order valence-corrected chi connectivity index (χ1v) is 8.31. The first-order valence-electron chi connectivity index (χ1n) is 7.55. The van der Waals surface area contributed by atoms with E-state index in [9.17, 15) is 14.9 Å². The summed E-state index contributed by atoms with van der Waals surface area (Å²) in [5.74, 6) is -0.227. The lowest BCUT2D eigenvalue weighted by molar-refractivity contribution is -0.384. The fourth-order valence-electron chi connectivity index (χ4n) is 2.43. The van der Waals surface area contributed by atoms with Gasteiger partial charge >= 0.3 is 0 Å². The maximum atomic E-state index is 12.3. The molecule has 0 unspecified atom stereocenters. The molecule has 26 heavy (non-hydrogen) atoms. The molecule has 0 fully saturated rings. The number of carbonyl (C=O) groups is 1. The maximum absolute atomic E-state index is 12.3. The summed E-state index contributed by atoms with van der Waals surface area (Å²) in [6.45, 7) is 0. The van der Waals surface area contributed by atoms with E-state index in [2.05, 4.69) is 0 Å². The van der Waals surface area contributed by atoms with Crippen molar-refractivity contribution in [3.05, 3.63) is 98.3 Å². The summed E-state index contributed by atoms with van der Waals surface area (Å²) in [5, 5.41) is 11.6. The van der Waals surface area contributed by atoms with Gasteiger partial charge in [-0.1, -0.05) is 29.3 Å². The third kappa shape index (κ3) is 3.85. The molecule has 5 nitrogen and oxygen atoms in total. The Morgan fingerprint density at radius 3 is 2.58 bits per heavy atom. The number of ketones is 1. The fraction of sp³-hybridized carbons (Fsp3) is 0. The van der Waals surface area contributed by atoms with Gasteiger partial charge in [0.25, 0.3) is 5.69 Å². The summed E-state index contributed by atoms with van der Waals surface area (Å²) >= 11 is 11.8. The lowest BCUT2D eigenvalue weighted by Crippen LogP contribution is -1.98. The molecule has 3 rings (SSSR count). The zero-order valence-corrected chi connectivity index (χ0v) is 14.8. The van der Waals surface area contributed by atoms with E-state index in [0.717, 1.165) is 0 Å². The van der Waals surface area contributed by atoms with Gasteiger partial charge in [-0.25, -0.2) is 0 Å². The van der Waals surface area contributed by atoms with Crippen LogP contribution in [0, 0.1) is 10.1 Å². The van der Waals surface area contributed by atoms with Gasteiger partial charge in [-0.2, -0.15) is 0 Å². The van der Waals surface area contributed by atoms with Crippen LogP contribution in [0.4, 0.5) is 5.69 Å². The van der Waals surface area contributed by atoms with Crippen molar-refractivity contribution in [2.45, 2.75) is 0 Å². The summed E-state index contributed by atoms with van der Waals surface area (Å²) in [4.78, 5) is 22.8. The molecule has 7 heteroatoms. The minimum absolute atomic E-state index is 0.00184. The predicted molar refractivity (Wildman–Crippen MR) is 102 cm³/mol. The quantitative estimate of drug-likeness (QED) is 0.248. The van der Waals surface area contributed by atoms with Crippen LogP contribution in [0.25, 0.3) is 11.8 Å². The summed E-state index contributed by atoms with van der Waals surface area (Å²) in [5.41, 5.74) is 1.76. The zero-order valence-electron chi connectivity index (χ0n) is 13.3. The highest BCUT2D eigenvalue weighted by molar-refractivity contribution is 6.42. The van der Waals surface area contributed by atoms with Crippen LogP contribution >= 0.6 is 23.2 Å². The Labute approximate surface area is 159 Å². The number of nitro benzene ring substituents is 1. The van der Waals surface area contributed by atoms with E-state index in [4.69, 9.17) is 23.2 Å². The van der Waals surface area contributed by atoms with Crippen LogP contribution in [-0.2, 0) is 0 Å². The molecule has 130 valence electrons. The van der Waals surface area contributed by atoms with Crippen LogP contribution in [0.2, 0.25) is 10.0 Å². The van der Waals surface area contributed by atoms with Crippen LogP contribution in [0.5, 0.6) is 0 Å². The molecule has 0 radical (unpaired) electrons. The number of rotatable bonds is 5. The molecule has 3 aromatic rings. The van der Waals surface area contributed by atoms with E-state index in [-0.39, 0.29) is 11.5 Å². The second-order valence-corrected chi connectivity index (χ2v) is 6.22. The molecule has 0 saturated heterocycles. The van der Waals surface area contributed by atoms with Gasteiger partial charge in [0.1, 0.15) is 0 Å². The number of benzene rings is 2. The number of non-ortho nitro benzene ring substituents is 1. The van der Waals surface area contributed by atoms with E-state index in [1.54, 1.807) is 53.2 Å². The van der Waals surface area contributed by atoms with Crippen LogP contribution < -0.4 is 0 Å². The number of halogens is 2. The lowest BCUT2D eigenvalue weighted by atomic mass is 10.1. The Balaban J connectivity index is 1.88. The van der Waals surface area contributed by atoms with Crippen molar-refractivity contribution in [1.29, 1.82) is 0 Å². The molecule has 1 heterocycles.